The molecule has 0 fully saturated rings. The normalized spacial score (nSPS) is 11.1. The Labute approximate surface area is 184 Å². The van der Waals surface area contributed by atoms with Crippen molar-refractivity contribution in [1.82, 2.24) is 20.3 Å². The number of nitrogens with zero attached hydrogens (tertiary/aromatic N) is 4. The Kier molecular flexibility index (Phi) is 6.22. The van der Waals surface area contributed by atoms with Crippen molar-refractivity contribution in [2.24, 2.45) is 0 Å². The summed E-state index contributed by atoms with van der Waals surface area (Å²) in [7, 11) is 3.18. The fourth-order valence-electron chi connectivity index (χ4n) is 2.89. The second-order valence-electron chi connectivity index (χ2n) is 7.05. The average molecular weight is 439 g/mol. The number of hydrogen-bond acceptors (Lipinski definition) is 9. The van der Waals surface area contributed by atoms with Crippen LogP contribution in [0.3, 0.4) is 0 Å². The van der Waals surface area contributed by atoms with Gasteiger partial charge < -0.3 is 18.4 Å². The predicted octanol–water partition coefficient (Wildman–Crippen LogP) is 5.22. The highest BCUT2D eigenvalue weighted by Gasteiger charge is 2.15. The largest absolute Gasteiger partial charge is 0.497 e. The minimum absolute atomic E-state index is 0.371. The number of hydrogen-bond donors (Lipinski definition) is 0. The first-order valence-corrected chi connectivity index (χ1v) is 10.7. The van der Waals surface area contributed by atoms with Crippen LogP contribution in [0.15, 0.2) is 56.6 Å². The van der Waals surface area contributed by atoms with E-state index in [9.17, 15) is 0 Å². The minimum atomic E-state index is 0.371. The first kappa shape index (κ1) is 20.9. The predicted molar refractivity (Wildman–Crippen MR) is 116 cm³/mol. The van der Waals surface area contributed by atoms with Gasteiger partial charge in [0.1, 0.15) is 11.5 Å². The lowest BCUT2D eigenvalue weighted by molar-refractivity contribution is 0.390. The molecule has 0 radical (unpaired) electrons. The number of benzene rings is 2. The van der Waals surface area contributed by atoms with Crippen LogP contribution in [0.2, 0.25) is 0 Å². The van der Waals surface area contributed by atoms with Gasteiger partial charge in [-0.3, -0.25) is 0 Å². The second-order valence-corrected chi connectivity index (χ2v) is 7.98. The van der Waals surface area contributed by atoms with E-state index >= 15 is 0 Å². The molecule has 0 spiro atoms. The van der Waals surface area contributed by atoms with E-state index in [1.165, 1.54) is 17.3 Å². The minimum Gasteiger partial charge on any atom is -0.497 e. The Hall–Kier alpha value is -3.33. The lowest BCUT2D eigenvalue weighted by Gasteiger charge is -2.05. The molecule has 2 heterocycles. The van der Waals surface area contributed by atoms with Crippen LogP contribution in [0.25, 0.3) is 22.8 Å². The lowest BCUT2D eigenvalue weighted by Crippen LogP contribution is -1.88. The molecule has 0 bridgehead atoms. The molecule has 9 heteroatoms. The van der Waals surface area contributed by atoms with E-state index in [-0.39, 0.29) is 0 Å². The summed E-state index contributed by atoms with van der Waals surface area (Å²) in [6.45, 7) is 4.32. The third-order valence-electron chi connectivity index (χ3n) is 4.63. The Balaban J connectivity index is 1.43. The lowest BCUT2D eigenvalue weighted by atomic mass is 10.0. The fourth-order valence-corrected chi connectivity index (χ4v) is 3.49. The van der Waals surface area contributed by atoms with E-state index in [1.807, 2.05) is 12.1 Å². The van der Waals surface area contributed by atoms with E-state index in [0.717, 1.165) is 5.56 Å². The van der Waals surface area contributed by atoms with Crippen LogP contribution in [-0.2, 0) is 5.75 Å². The van der Waals surface area contributed by atoms with Crippen molar-refractivity contribution in [1.29, 1.82) is 0 Å². The number of ether oxygens (including phenoxy) is 2. The van der Waals surface area contributed by atoms with Crippen LogP contribution in [-0.4, -0.2) is 34.6 Å². The van der Waals surface area contributed by atoms with Gasteiger partial charge in [-0.05, 0) is 23.6 Å². The van der Waals surface area contributed by atoms with Crippen molar-refractivity contribution in [3.8, 4) is 34.3 Å². The van der Waals surface area contributed by atoms with Crippen LogP contribution >= 0.6 is 11.8 Å². The topological polar surface area (TPSA) is 96.3 Å². The van der Waals surface area contributed by atoms with Gasteiger partial charge in [0.15, 0.2) is 0 Å². The van der Waals surface area contributed by atoms with Crippen LogP contribution < -0.4 is 9.47 Å². The van der Waals surface area contributed by atoms with Gasteiger partial charge in [0, 0.05) is 17.2 Å². The van der Waals surface area contributed by atoms with E-state index in [1.54, 1.807) is 32.4 Å². The molecule has 2 aromatic heterocycles. The molecule has 0 amide bonds. The van der Waals surface area contributed by atoms with Crippen molar-refractivity contribution in [2.75, 3.05) is 14.2 Å². The third kappa shape index (κ3) is 4.88. The smallest absolute Gasteiger partial charge is 0.277 e. The first-order valence-electron chi connectivity index (χ1n) is 9.68. The number of rotatable bonds is 8. The van der Waals surface area contributed by atoms with Gasteiger partial charge >= 0.3 is 0 Å². The summed E-state index contributed by atoms with van der Waals surface area (Å²) in [4.78, 5) is 4.46. The van der Waals surface area contributed by atoms with Crippen molar-refractivity contribution >= 4 is 11.8 Å². The van der Waals surface area contributed by atoms with Gasteiger partial charge in [-0.25, -0.2) is 0 Å². The summed E-state index contributed by atoms with van der Waals surface area (Å²) in [5.41, 5.74) is 2.89. The Morgan fingerprint density at radius 2 is 1.65 bits per heavy atom. The van der Waals surface area contributed by atoms with Crippen molar-refractivity contribution < 1.29 is 18.4 Å². The average Bonchev–Trinajstić information content (AvgIpc) is 3.47. The van der Waals surface area contributed by atoms with Gasteiger partial charge in [0.05, 0.1) is 20.0 Å². The molecule has 4 rings (SSSR count). The molecule has 4 aromatic rings. The van der Waals surface area contributed by atoms with Crippen LogP contribution in [0.4, 0.5) is 0 Å². The number of methoxy groups -OCH3 is 2. The molecule has 8 nitrogen and oxygen atoms in total. The summed E-state index contributed by atoms with van der Waals surface area (Å²) >= 11 is 1.32. The van der Waals surface area contributed by atoms with Crippen molar-refractivity contribution in [3.05, 3.63) is 53.9 Å². The molecule has 160 valence electrons. The standard InChI is InChI=1S/C22H22N4O4S/c1-13(2)14-5-7-15(8-6-14)20-23-19(30-26-20)12-31-22-25-24-21(29-22)16-9-17(27-3)11-18(10-16)28-4/h5-11,13H,12H2,1-4H3. The van der Waals surface area contributed by atoms with E-state index in [0.29, 0.717) is 51.6 Å². The van der Waals surface area contributed by atoms with Gasteiger partial charge in [-0.15, -0.1) is 10.2 Å². The number of thioether (sulfide) groups is 1. The van der Waals surface area contributed by atoms with Gasteiger partial charge in [-0.1, -0.05) is 55.0 Å². The summed E-state index contributed by atoms with van der Waals surface area (Å²) in [5, 5.41) is 12.7. The summed E-state index contributed by atoms with van der Waals surface area (Å²) in [5.74, 6) is 3.58. The van der Waals surface area contributed by atoms with Gasteiger partial charge in [-0.2, -0.15) is 4.98 Å². The Morgan fingerprint density at radius 1 is 0.935 bits per heavy atom. The molecule has 0 atom stereocenters. The quantitative estimate of drug-likeness (QED) is 0.343. The van der Waals surface area contributed by atoms with E-state index in [2.05, 4.69) is 46.3 Å². The molecule has 0 saturated carbocycles. The molecule has 31 heavy (non-hydrogen) atoms. The van der Waals surface area contributed by atoms with Crippen LogP contribution in [0.1, 0.15) is 31.2 Å². The van der Waals surface area contributed by atoms with Crippen molar-refractivity contribution in [2.45, 2.75) is 30.7 Å². The summed E-state index contributed by atoms with van der Waals surface area (Å²) in [6, 6.07) is 13.6. The summed E-state index contributed by atoms with van der Waals surface area (Å²) < 4.78 is 21.7. The highest BCUT2D eigenvalue weighted by molar-refractivity contribution is 7.98. The molecule has 0 N–H and O–H groups in total. The zero-order valence-electron chi connectivity index (χ0n) is 17.7. The maximum absolute atomic E-state index is 5.76. The zero-order valence-corrected chi connectivity index (χ0v) is 18.5. The molecule has 0 aliphatic heterocycles. The van der Waals surface area contributed by atoms with Gasteiger partial charge in [0.25, 0.3) is 5.22 Å². The maximum Gasteiger partial charge on any atom is 0.277 e. The molecule has 0 aliphatic carbocycles. The monoisotopic (exact) mass is 438 g/mol. The highest BCUT2D eigenvalue weighted by atomic mass is 32.2. The highest BCUT2D eigenvalue weighted by Crippen LogP contribution is 2.31. The molecule has 0 aliphatic rings. The zero-order chi connectivity index (χ0) is 21.8. The van der Waals surface area contributed by atoms with Gasteiger partial charge in [0.2, 0.25) is 17.6 Å². The molecular formula is C22H22N4O4S. The summed E-state index contributed by atoms with van der Waals surface area (Å²) in [6.07, 6.45) is 0. The first-order chi connectivity index (χ1) is 15.1. The van der Waals surface area contributed by atoms with E-state index in [4.69, 9.17) is 18.4 Å². The van der Waals surface area contributed by atoms with Crippen LogP contribution in [0.5, 0.6) is 11.5 Å². The molecular weight excluding hydrogens is 416 g/mol. The molecule has 0 saturated heterocycles. The molecule has 0 unspecified atom stereocenters. The Bertz CT molecular complexity index is 1130. The fraction of sp³-hybridized carbons (Fsp3) is 0.273. The SMILES string of the molecule is COc1cc(OC)cc(-c2nnc(SCc3nc(-c4ccc(C(C)C)cc4)no3)o2)c1. The van der Waals surface area contributed by atoms with Crippen molar-refractivity contribution in [3.63, 3.8) is 0 Å². The van der Waals surface area contributed by atoms with E-state index < -0.39 is 0 Å². The maximum atomic E-state index is 5.76. The van der Waals surface area contributed by atoms with Crippen LogP contribution in [0, 0.1) is 0 Å². The third-order valence-corrected chi connectivity index (χ3v) is 5.43. The second kappa shape index (κ2) is 9.22. The molecule has 2 aromatic carbocycles. The number of aromatic nitrogens is 4. The Morgan fingerprint density at radius 3 is 2.29 bits per heavy atom.